The van der Waals surface area contributed by atoms with Gasteiger partial charge in [0.15, 0.2) is 0 Å². The first kappa shape index (κ1) is 16.4. The maximum atomic E-state index is 13.0. The SMILES string of the molecule is O=C(O)C1Cc2ccc(C(F)(F)F)cc2N(Cc2ccccc2)C1. The fourth-order valence-electron chi connectivity index (χ4n) is 3.02. The molecule has 2 aromatic carbocycles. The summed E-state index contributed by atoms with van der Waals surface area (Å²) < 4.78 is 39.0. The van der Waals surface area contributed by atoms with Crippen LogP contribution in [0.25, 0.3) is 0 Å². The molecule has 24 heavy (non-hydrogen) atoms. The van der Waals surface area contributed by atoms with Gasteiger partial charge in [-0.1, -0.05) is 36.4 Å². The number of hydrogen-bond acceptors (Lipinski definition) is 2. The van der Waals surface area contributed by atoms with E-state index >= 15 is 0 Å². The van der Waals surface area contributed by atoms with Gasteiger partial charge in [0.1, 0.15) is 0 Å². The van der Waals surface area contributed by atoms with Crippen molar-refractivity contribution in [3.05, 3.63) is 65.2 Å². The van der Waals surface area contributed by atoms with E-state index in [-0.39, 0.29) is 13.0 Å². The number of carboxylic acid groups (broad SMARTS) is 1. The van der Waals surface area contributed by atoms with Crippen LogP contribution in [0.4, 0.5) is 18.9 Å². The van der Waals surface area contributed by atoms with Gasteiger partial charge in [0.25, 0.3) is 0 Å². The molecule has 126 valence electrons. The summed E-state index contributed by atoms with van der Waals surface area (Å²) >= 11 is 0. The molecule has 0 aromatic heterocycles. The first-order valence-electron chi connectivity index (χ1n) is 7.56. The number of fused-ring (bicyclic) bond motifs is 1. The molecule has 1 atom stereocenters. The molecule has 2 aromatic rings. The maximum absolute atomic E-state index is 13.0. The van der Waals surface area contributed by atoms with Gasteiger partial charge in [0.2, 0.25) is 0 Å². The smallest absolute Gasteiger partial charge is 0.416 e. The maximum Gasteiger partial charge on any atom is 0.416 e. The Labute approximate surface area is 137 Å². The monoisotopic (exact) mass is 335 g/mol. The molecule has 6 heteroatoms. The second-order valence-corrected chi connectivity index (χ2v) is 5.95. The lowest BCUT2D eigenvalue weighted by atomic mass is 9.91. The van der Waals surface area contributed by atoms with Crippen molar-refractivity contribution in [2.24, 2.45) is 5.92 Å². The number of hydrogen-bond donors (Lipinski definition) is 1. The lowest BCUT2D eigenvalue weighted by Crippen LogP contribution is -2.38. The molecule has 0 spiro atoms. The van der Waals surface area contributed by atoms with Crippen LogP contribution in [-0.2, 0) is 23.9 Å². The second-order valence-electron chi connectivity index (χ2n) is 5.95. The van der Waals surface area contributed by atoms with Crippen molar-refractivity contribution in [3.63, 3.8) is 0 Å². The molecule has 1 N–H and O–H groups in total. The zero-order chi connectivity index (χ0) is 17.3. The average Bonchev–Trinajstić information content (AvgIpc) is 2.54. The van der Waals surface area contributed by atoms with Gasteiger partial charge in [-0.15, -0.1) is 0 Å². The Morgan fingerprint density at radius 3 is 2.50 bits per heavy atom. The van der Waals surface area contributed by atoms with Crippen molar-refractivity contribution in [3.8, 4) is 0 Å². The van der Waals surface area contributed by atoms with E-state index in [1.807, 2.05) is 30.3 Å². The first-order chi connectivity index (χ1) is 11.3. The summed E-state index contributed by atoms with van der Waals surface area (Å²) in [4.78, 5) is 13.1. The van der Waals surface area contributed by atoms with Gasteiger partial charge in [0.05, 0.1) is 11.5 Å². The third kappa shape index (κ3) is 3.37. The molecule has 0 aliphatic carbocycles. The van der Waals surface area contributed by atoms with Gasteiger partial charge >= 0.3 is 12.1 Å². The molecule has 1 aliphatic heterocycles. The number of nitrogens with zero attached hydrogens (tertiary/aromatic N) is 1. The minimum atomic E-state index is -4.42. The zero-order valence-corrected chi connectivity index (χ0v) is 12.8. The van der Waals surface area contributed by atoms with Crippen LogP contribution in [0.15, 0.2) is 48.5 Å². The molecule has 0 bridgehead atoms. The molecule has 1 unspecified atom stereocenters. The Balaban J connectivity index is 1.99. The molecular formula is C18H16F3NO2. The highest BCUT2D eigenvalue weighted by Gasteiger charge is 2.34. The van der Waals surface area contributed by atoms with Gasteiger partial charge in [0, 0.05) is 18.8 Å². The van der Waals surface area contributed by atoms with E-state index in [1.54, 1.807) is 4.90 Å². The van der Waals surface area contributed by atoms with Crippen molar-refractivity contribution in [2.45, 2.75) is 19.1 Å². The fraction of sp³-hybridized carbons (Fsp3) is 0.278. The van der Waals surface area contributed by atoms with Gasteiger partial charge < -0.3 is 10.0 Å². The Kier molecular flexibility index (Phi) is 4.22. The molecule has 3 rings (SSSR count). The van der Waals surface area contributed by atoms with Crippen molar-refractivity contribution >= 4 is 11.7 Å². The standard InChI is InChI=1S/C18H16F3NO2/c19-18(20,21)15-7-6-13-8-14(17(23)24)11-22(16(13)9-15)10-12-4-2-1-3-5-12/h1-7,9,14H,8,10-11H2,(H,23,24). The van der Waals surface area contributed by atoms with Gasteiger partial charge in [-0.05, 0) is 29.7 Å². The van der Waals surface area contributed by atoms with E-state index in [9.17, 15) is 23.1 Å². The molecule has 0 amide bonds. The van der Waals surface area contributed by atoms with Crippen molar-refractivity contribution < 1.29 is 23.1 Å². The molecule has 0 radical (unpaired) electrons. The van der Waals surface area contributed by atoms with Crippen LogP contribution in [0, 0.1) is 5.92 Å². The molecular weight excluding hydrogens is 319 g/mol. The molecule has 1 aliphatic rings. The van der Waals surface area contributed by atoms with Gasteiger partial charge in [-0.25, -0.2) is 0 Å². The topological polar surface area (TPSA) is 40.5 Å². The summed E-state index contributed by atoms with van der Waals surface area (Å²) in [5, 5.41) is 9.32. The largest absolute Gasteiger partial charge is 0.481 e. The van der Waals surface area contributed by atoms with E-state index in [1.165, 1.54) is 6.07 Å². The summed E-state index contributed by atoms with van der Waals surface area (Å²) in [7, 11) is 0. The third-order valence-electron chi connectivity index (χ3n) is 4.23. The second kappa shape index (κ2) is 6.19. The van der Waals surface area contributed by atoms with Crippen molar-refractivity contribution in [1.82, 2.24) is 0 Å². The highest BCUT2D eigenvalue weighted by molar-refractivity contribution is 5.74. The lowest BCUT2D eigenvalue weighted by molar-refractivity contribution is -0.141. The molecule has 0 fully saturated rings. The van der Waals surface area contributed by atoms with Gasteiger partial charge in [-0.2, -0.15) is 13.2 Å². The van der Waals surface area contributed by atoms with E-state index in [4.69, 9.17) is 0 Å². The highest BCUT2D eigenvalue weighted by Crippen LogP contribution is 2.37. The summed E-state index contributed by atoms with van der Waals surface area (Å²) in [6.07, 6.45) is -4.18. The number of rotatable bonds is 3. The lowest BCUT2D eigenvalue weighted by Gasteiger charge is -2.35. The van der Waals surface area contributed by atoms with Crippen LogP contribution in [0.2, 0.25) is 0 Å². The Bertz CT molecular complexity index is 744. The van der Waals surface area contributed by atoms with Crippen LogP contribution in [0.1, 0.15) is 16.7 Å². The predicted octanol–water partition coefficient (Wildman–Crippen LogP) is 3.97. The number of carboxylic acids is 1. The molecule has 3 nitrogen and oxygen atoms in total. The first-order valence-corrected chi connectivity index (χ1v) is 7.56. The van der Waals surface area contributed by atoms with Crippen LogP contribution in [-0.4, -0.2) is 17.6 Å². The quantitative estimate of drug-likeness (QED) is 0.923. The summed E-state index contributed by atoms with van der Waals surface area (Å²) in [5.41, 5.74) is 1.31. The Morgan fingerprint density at radius 2 is 1.88 bits per heavy atom. The zero-order valence-electron chi connectivity index (χ0n) is 12.8. The van der Waals surface area contributed by atoms with E-state index < -0.39 is 23.6 Å². The number of benzene rings is 2. The third-order valence-corrected chi connectivity index (χ3v) is 4.23. The number of anilines is 1. The fourth-order valence-corrected chi connectivity index (χ4v) is 3.02. The van der Waals surface area contributed by atoms with Crippen LogP contribution < -0.4 is 4.90 Å². The van der Waals surface area contributed by atoms with Crippen LogP contribution >= 0.6 is 0 Å². The van der Waals surface area contributed by atoms with E-state index in [0.717, 1.165) is 17.7 Å². The average molecular weight is 335 g/mol. The van der Waals surface area contributed by atoms with Crippen molar-refractivity contribution in [2.75, 3.05) is 11.4 Å². The summed E-state index contributed by atoms with van der Waals surface area (Å²) in [5.74, 6) is -1.56. The number of halogens is 3. The summed E-state index contributed by atoms with van der Waals surface area (Å²) in [6, 6.07) is 12.8. The van der Waals surface area contributed by atoms with Gasteiger partial charge in [-0.3, -0.25) is 4.79 Å². The molecule has 1 heterocycles. The number of aliphatic carboxylic acids is 1. The van der Waals surface area contributed by atoms with E-state index in [0.29, 0.717) is 17.8 Å². The Hall–Kier alpha value is -2.50. The predicted molar refractivity (Wildman–Crippen MR) is 83.8 cm³/mol. The summed E-state index contributed by atoms with van der Waals surface area (Å²) in [6.45, 7) is 0.567. The van der Waals surface area contributed by atoms with Crippen molar-refractivity contribution in [1.29, 1.82) is 0 Å². The highest BCUT2D eigenvalue weighted by atomic mass is 19.4. The number of alkyl halides is 3. The minimum Gasteiger partial charge on any atom is -0.481 e. The Morgan fingerprint density at radius 1 is 1.17 bits per heavy atom. The van der Waals surface area contributed by atoms with Crippen LogP contribution in [0.5, 0.6) is 0 Å². The molecule has 0 saturated carbocycles. The molecule has 0 saturated heterocycles. The normalized spacial score (nSPS) is 17.5. The minimum absolute atomic E-state index is 0.193. The van der Waals surface area contributed by atoms with E-state index in [2.05, 4.69) is 0 Å². The van der Waals surface area contributed by atoms with Crippen LogP contribution in [0.3, 0.4) is 0 Å². The number of carbonyl (C=O) groups is 1.